The molecule has 0 radical (unpaired) electrons. The molecule has 0 bridgehead atoms. The fraction of sp³-hybridized carbons (Fsp3) is 0.200. The summed E-state index contributed by atoms with van der Waals surface area (Å²) in [5.74, 6) is -0.617. The molecule has 1 heterocycles. The molecule has 1 saturated heterocycles. The van der Waals surface area contributed by atoms with Gasteiger partial charge in [-0.2, -0.15) is 0 Å². The van der Waals surface area contributed by atoms with E-state index in [-0.39, 0.29) is 0 Å². The quantitative estimate of drug-likeness (QED) is 0.342. The first kappa shape index (κ1) is 10.9. The zero-order valence-corrected chi connectivity index (χ0v) is 6.49. The monoisotopic (exact) mass is 188 g/mol. The zero-order valence-electron chi connectivity index (χ0n) is 6.49. The lowest BCUT2D eigenvalue weighted by atomic mass is 10.5. The Labute approximate surface area is 72.8 Å². The van der Waals surface area contributed by atoms with Crippen LogP contribution < -0.4 is 21.7 Å². The molecule has 0 aliphatic carbocycles. The topological polar surface area (TPSA) is 130 Å². The number of nitrogens with two attached hydrogens (primary N) is 1. The summed E-state index contributed by atoms with van der Waals surface area (Å²) in [6, 6.07) is -1.51. The van der Waals surface area contributed by atoms with Gasteiger partial charge in [0.15, 0.2) is 6.17 Å². The van der Waals surface area contributed by atoms with E-state index in [2.05, 4.69) is 5.32 Å². The highest BCUT2D eigenvalue weighted by molar-refractivity contribution is 6.05. The number of imide groups is 1. The van der Waals surface area contributed by atoms with E-state index in [1.807, 2.05) is 17.4 Å². The van der Waals surface area contributed by atoms with Gasteiger partial charge in [0.05, 0.1) is 0 Å². The summed E-state index contributed by atoms with van der Waals surface area (Å²) in [7, 11) is 0. The van der Waals surface area contributed by atoms with Crippen LogP contribution in [0.3, 0.4) is 0 Å². The number of urea groups is 2. The highest BCUT2D eigenvalue weighted by atomic mass is 16.2. The molecule has 1 unspecified atom stereocenters. The number of hydrogen-bond acceptors (Lipinski definition) is 4. The van der Waals surface area contributed by atoms with E-state index in [0.717, 1.165) is 0 Å². The van der Waals surface area contributed by atoms with E-state index in [0.29, 0.717) is 0 Å². The standard InChI is InChI=1S/C4H6N4O3.CH2O/c5-3(10)6-1-2(9)8-4(11)7-1;1-2/h1H,(H3,5,6,10)(H2,7,8,9,11);1H2. The largest absolute Gasteiger partial charge is 0.352 e. The second-order valence-corrected chi connectivity index (χ2v) is 1.90. The van der Waals surface area contributed by atoms with Crippen LogP contribution in [-0.4, -0.2) is 30.9 Å². The van der Waals surface area contributed by atoms with Crippen molar-refractivity contribution in [3.05, 3.63) is 0 Å². The number of nitrogens with one attached hydrogen (secondary N) is 3. The molecule has 0 spiro atoms. The third-order valence-electron chi connectivity index (χ3n) is 1.06. The maximum absolute atomic E-state index is 10.7. The molecule has 0 aromatic rings. The van der Waals surface area contributed by atoms with Gasteiger partial charge in [-0.15, -0.1) is 0 Å². The summed E-state index contributed by atoms with van der Waals surface area (Å²) in [4.78, 5) is 39.3. The van der Waals surface area contributed by atoms with Crippen LogP contribution in [0.1, 0.15) is 0 Å². The van der Waals surface area contributed by atoms with Crippen molar-refractivity contribution >= 4 is 24.8 Å². The first-order valence-corrected chi connectivity index (χ1v) is 3.06. The van der Waals surface area contributed by atoms with Gasteiger partial charge in [0.25, 0.3) is 5.91 Å². The molecular formula is C5H8N4O4. The van der Waals surface area contributed by atoms with Crippen molar-refractivity contribution in [3.63, 3.8) is 0 Å². The Morgan fingerprint density at radius 3 is 2.31 bits per heavy atom. The maximum Gasteiger partial charge on any atom is 0.323 e. The summed E-state index contributed by atoms with van der Waals surface area (Å²) >= 11 is 0. The maximum atomic E-state index is 10.7. The predicted molar refractivity (Wildman–Crippen MR) is 40.3 cm³/mol. The Hall–Kier alpha value is -2.12. The van der Waals surface area contributed by atoms with Crippen LogP contribution in [0.5, 0.6) is 0 Å². The molecule has 5 amide bonds. The Morgan fingerprint density at radius 1 is 1.46 bits per heavy atom. The van der Waals surface area contributed by atoms with Crippen molar-refractivity contribution in [1.29, 1.82) is 0 Å². The minimum Gasteiger partial charge on any atom is -0.352 e. The van der Waals surface area contributed by atoms with Gasteiger partial charge in [0.1, 0.15) is 6.79 Å². The molecule has 1 rings (SSSR count). The molecule has 8 heteroatoms. The molecule has 1 atom stereocenters. The van der Waals surface area contributed by atoms with Crippen LogP contribution in [0, 0.1) is 0 Å². The third kappa shape index (κ3) is 3.18. The smallest absolute Gasteiger partial charge is 0.323 e. The van der Waals surface area contributed by atoms with E-state index in [1.165, 1.54) is 0 Å². The normalized spacial score (nSPS) is 19.2. The van der Waals surface area contributed by atoms with Crippen molar-refractivity contribution in [3.8, 4) is 0 Å². The molecule has 0 aromatic carbocycles. The minimum atomic E-state index is -1.04. The van der Waals surface area contributed by atoms with Gasteiger partial charge in [0, 0.05) is 0 Å². The van der Waals surface area contributed by atoms with E-state index >= 15 is 0 Å². The Morgan fingerprint density at radius 2 is 2.00 bits per heavy atom. The first-order chi connectivity index (χ1) is 6.09. The van der Waals surface area contributed by atoms with Crippen molar-refractivity contribution in [2.24, 2.45) is 5.73 Å². The van der Waals surface area contributed by atoms with Gasteiger partial charge < -0.3 is 21.2 Å². The van der Waals surface area contributed by atoms with Gasteiger partial charge in [-0.1, -0.05) is 0 Å². The van der Waals surface area contributed by atoms with Crippen molar-refractivity contribution < 1.29 is 19.2 Å². The first-order valence-electron chi connectivity index (χ1n) is 3.06. The van der Waals surface area contributed by atoms with E-state index < -0.39 is 24.1 Å². The summed E-state index contributed by atoms with van der Waals surface area (Å²) in [6.45, 7) is 2.00. The SMILES string of the molecule is C=O.NC(=O)NC1NC(=O)NC1=O. The molecule has 1 aliphatic heterocycles. The van der Waals surface area contributed by atoms with Crippen LogP contribution in [0.25, 0.3) is 0 Å². The average Bonchev–Trinajstić information content (AvgIpc) is 2.33. The fourth-order valence-electron chi connectivity index (χ4n) is 0.661. The minimum absolute atomic E-state index is 0.617. The summed E-state index contributed by atoms with van der Waals surface area (Å²) in [5, 5.41) is 6.05. The van der Waals surface area contributed by atoms with Gasteiger partial charge in [-0.25, -0.2) is 9.59 Å². The second-order valence-electron chi connectivity index (χ2n) is 1.90. The Balaban J connectivity index is 0.000000671. The van der Waals surface area contributed by atoms with Crippen LogP contribution in [-0.2, 0) is 9.59 Å². The Bertz CT molecular complexity index is 241. The molecule has 13 heavy (non-hydrogen) atoms. The molecule has 1 fully saturated rings. The van der Waals surface area contributed by atoms with Crippen LogP contribution in [0.2, 0.25) is 0 Å². The van der Waals surface area contributed by atoms with Crippen molar-refractivity contribution in [2.75, 3.05) is 0 Å². The van der Waals surface area contributed by atoms with Crippen LogP contribution in [0.15, 0.2) is 0 Å². The number of primary amides is 1. The second kappa shape index (κ2) is 4.70. The average molecular weight is 188 g/mol. The van der Waals surface area contributed by atoms with E-state index in [1.54, 1.807) is 0 Å². The number of carbonyl (C=O) groups excluding carboxylic acids is 4. The lowest BCUT2D eigenvalue weighted by molar-refractivity contribution is -0.120. The summed E-state index contributed by atoms with van der Waals surface area (Å²) in [5.41, 5.74) is 4.70. The van der Waals surface area contributed by atoms with Gasteiger partial charge in [0.2, 0.25) is 0 Å². The van der Waals surface area contributed by atoms with Gasteiger partial charge in [-0.3, -0.25) is 10.1 Å². The molecular weight excluding hydrogens is 180 g/mol. The molecule has 72 valence electrons. The molecule has 0 aromatic heterocycles. The molecule has 8 nitrogen and oxygen atoms in total. The fourth-order valence-corrected chi connectivity index (χ4v) is 0.661. The number of amides is 5. The Kier molecular flexibility index (Phi) is 3.93. The van der Waals surface area contributed by atoms with Crippen LogP contribution in [0.4, 0.5) is 9.59 Å². The predicted octanol–water partition coefficient (Wildman–Crippen LogP) is -2.36. The highest BCUT2D eigenvalue weighted by Crippen LogP contribution is 1.86. The lowest BCUT2D eigenvalue weighted by Crippen LogP contribution is -2.48. The highest BCUT2D eigenvalue weighted by Gasteiger charge is 2.29. The van der Waals surface area contributed by atoms with Crippen molar-refractivity contribution in [2.45, 2.75) is 6.17 Å². The summed E-state index contributed by atoms with van der Waals surface area (Å²) in [6.07, 6.45) is -1.04. The van der Waals surface area contributed by atoms with E-state index in [4.69, 9.17) is 10.5 Å². The van der Waals surface area contributed by atoms with Gasteiger partial charge >= 0.3 is 12.1 Å². The number of hydrogen-bond donors (Lipinski definition) is 4. The number of rotatable bonds is 1. The molecule has 0 saturated carbocycles. The van der Waals surface area contributed by atoms with Crippen LogP contribution >= 0.6 is 0 Å². The summed E-state index contributed by atoms with van der Waals surface area (Å²) < 4.78 is 0. The van der Waals surface area contributed by atoms with Gasteiger partial charge in [-0.05, 0) is 0 Å². The lowest BCUT2D eigenvalue weighted by Gasteiger charge is -2.05. The zero-order chi connectivity index (χ0) is 10.4. The third-order valence-corrected chi connectivity index (χ3v) is 1.06. The van der Waals surface area contributed by atoms with E-state index in [9.17, 15) is 14.4 Å². The van der Waals surface area contributed by atoms with Crippen molar-refractivity contribution in [1.82, 2.24) is 16.0 Å². The number of carbonyl (C=O) groups is 4. The molecule has 1 aliphatic rings. The molecule has 5 N–H and O–H groups in total.